The molecule has 0 aromatic heterocycles. The van der Waals surface area contributed by atoms with Gasteiger partial charge in [-0.3, -0.25) is 9.59 Å². The largest absolute Gasteiger partial charge is 0.425 e. The van der Waals surface area contributed by atoms with Crippen LogP contribution in [-0.4, -0.2) is 11.8 Å². The van der Waals surface area contributed by atoms with E-state index >= 15 is 0 Å². The summed E-state index contributed by atoms with van der Waals surface area (Å²) in [6.07, 6.45) is 4.09. The van der Waals surface area contributed by atoms with Crippen LogP contribution in [0, 0.1) is 17.8 Å². The number of hydrogen-bond acceptors (Lipinski definition) is 3. The lowest BCUT2D eigenvalue weighted by Crippen LogP contribution is -2.40. The molecule has 0 amide bonds. The van der Waals surface area contributed by atoms with Crippen molar-refractivity contribution in [2.24, 2.45) is 17.8 Å². The third-order valence-electron chi connectivity index (χ3n) is 4.51. The molecule has 0 spiro atoms. The highest BCUT2D eigenvalue weighted by atomic mass is 35.5. The van der Waals surface area contributed by atoms with Crippen LogP contribution in [0.4, 0.5) is 0 Å². The molecule has 0 saturated heterocycles. The van der Waals surface area contributed by atoms with Gasteiger partial charge in [-0.1, -0.05) is 35.7 Å². The first-order valence-corrected chi connectivity index (χ1v) is 8.01. The van der Waals surface area contributed by atoms with E-state index < -0.39 is 0 Å². The summed E-state index contributed by atoms with van der Waals surface area (Å²) in [6.45, 7) is 0. The summed E-state index contributed by atoms with van der Waals surface area (Å²) >= 11 is 11.9. The zero-order valence-electron chi connectivity index (χ0n) is 11.5. The second kappa shape index (κ2) is 5.98. The number of Topliss-reactive ketones (excluding diaryl/α,β-unsaturated/α-hetero) is 1. The minimum absolute atomic E-state index is 0.0323. The van der Waals surface area contributed by atoms with Crippen LogP contribution in [0.1, 0.15) is 32.1 Å². The Balaban J connectivity index is 1.71. The molecule has 2 saturated carbocycles. The molecular weight excluding hydrogens is 311 g/mol. The zero-order valence-corrected chi connectivity index (χ0v) is 13.0. The van der Waals surface area contributed by atoms with Gasteiger partial charge in [-0.05, 0) is 37.8 Å². The van der Waals surface area contributed by atoms with Gasteiger partial charge in [0.25, 0.3) is 0 Å². The van der Waals surface area contributed by atoms with Crippen LogP contribution in [-0.2, 0) is 9.59 Å². The summed E-state index contributed by atoms with van der Waals surface area (Å²) < 4.78 is 5.40. The number of carbonyl (C=O) groups is 2. The topological polar surface area (TPSA) is 43.4 Å². The van der Waals surface area contributed by atoms with Crippen molar-refractivity contribution in [3.63, 3.8) is 0 Å². The number of rotatable bonds is 2. The molecular formula is C16H16Cl2O3. The Morgan fingerprint density at radius 3 is 2.48 bits per heavy atom. The van der Waals surface area contributed by atoms with E-state index in [4.69, 9.17) is 27.9 Å². The third kappa shape index (κ3) is 2.95. The maximum absolute atomic E-state index is 12.3. The van der Waals surface area contributed by atoms with E-state index in [1.165, 1.54) is 0 Å². The predicted octanol–water partition coefficient (Wildman–Crippen LogP) is 4.29. The van der Waals surface area contributed by atoms with E-state index in [-0.39, 0.29) is 34.5 Å². The van der Waals surface area contributed by atoms with Crippen LogP contribution in [0.15, 0.2) is 18.2 Å². The minimum atomic E-state index is -0.302. The summed E-state index contributed by atoms with van der Waals surface area (Å²) in [7, 11) is 0. The lowest BCUT2D eigenvalue weighted by Gasteiger charge is -2.36. The van der Waals surface area contributed by atoms with Gasteiger partial charge in [0.2, 0.25) is 0 Å². The molecule has 3 rings (SSSR count). The molecule has 112 valence electrons. The van der Waals surface area contributed by atoms with Crippen LogP contribution in [0.25, 0.3) is 0 Å². The fourth-order valence-corrected chi connectivity index (χ4v) is 3.76. The highest BCUT2D eigenvalue weighted by Crippen LogP contribution is 2.41. The number of ketones is 1. The Kier molecular flexibility index (Phi) is 4.23. The number of esters is 1. The Morgan fingerprint density at radius 2 is 1.81 bits per heavy atom. The van der Waals surface area contributed by atoms with E-state index in [0.717, 1.165) is 19.3 Å². The van der Waals surface area contributed by atoms with E-state index in [0.29, 0.717) is 23.6 Å². The lowest BCUT2D eigenvalue weighted by molar-refractivity contribution is -0.145. The molecule has 3 nitrogen and oxygen atoms in total. The number of halogens is 2. The summed E-state index contributed by atoms with van der Waals surface area (Å²) in [4.78, 5) is 24.4. The molecule has 1 aromatic rings. The van der Waals surface area contributed by atoms with Crippen LogP contribution < -0.4 is 4.74 Å². The van der Waals surface area contributed by atoms with Crippen molar-refractivity contribution in [3.8, 4) is 5.75 Å². The molecule has 0 heterocycles. The zero-order chi connectivity index (χ0) is 15.0. The maximum atomic E-state index is 12.3. The Bertz CT molecular complexity index is 569. The summed E-state index contributed by atoms with van der Waals surface area (Å²) in [5.41, 5.74) is 0. The first-order chi connectivity index (χ1) is 10.1. The molecule has 5 heteroatoms. The van der Waals surface area contributed by atoms with Gasteiger partial charge in [-0.2, -0.15) is 0 Å². The molecule has 3 atom stereocenters. The first-order valence-electron chi connectivity index (χ1n) is 7.25. The van der Waals surface area contributed by atoms with Crippen molar-refractivity contribution in [1.29, 1.82) is 0 Å². The number of benzene rings is 1. The average molecular weight is 327 g/mol. The quantitative estimate of drug-likeness (QED) is 0.601. The standard InChI is InChI=1S/C16H16Cl2O3/c17-12-5-2-6-13(14(12)18)21-16(20)11-7-9-3-1-4-10(8-11)15(9)19/h2,5-6,9-11H,1,3-4,7-8H2/t9-,10+,11?. The van der Waals surface area contributed by atoms with Gasteiger partial charge in [0, 0.05) is 11.8 Å². The fourth-order valence-electron chi connectivity index (χ4n) is 3.43. The monoisotopic (exact) mass is 326 g/mol. The second-order valence-electron chi connectivity index (χ2n) is 5.87. The van der Waals surface area contributed by atoms with Gasteiger partial charge >= 0.3 is 5.97 Å². The second-order valence-corrected chi connectivity index (χ2v) is 6.65. The van der Waals surface area contributed by atoms with Crippen molar-refractivity contribution in [2.45, 2.75) is 32.1 Å². The molecule has 0 N–H and O–H groups in total. The van der Waals surface area contributed by atoms with E-state index in [9.17, 15) is 9.59 Å². The highest BCUT2D eigenvalue weighted by molar-refractivity contribution is 6.43. The van der Waals surface area contributed by atoms with Gasteiger partial charge in [0.1, 0.15) is 10.8 Å². The van der Waals surface area contributed by atoms with Crippen molar-refractivity contribution in [2.75, 3.05) is 0 Å². The van der Waals surface area contributed by atoms with Crippen molar-refractivity contribution >= 4 is 35.0 Å². The minimum Gasteiger partial charge on any atom is -0.425 e. The van der Waals surface area contributed by atoms with E-state index in [1.807, 2.05) is 0 Å². The predicted molar refractivity (Wildman–Crippen MR) is 80.7 cm³/mol. The number of ether oxygens (including phenoxy) is 1. The maximum Gasteiger partial charge on any atom is 0.314 e. The van der Waals surface area contributed by atoms with Gasteiger partial charge in [0.15, 0.2) is 5.75 Å². The van der Waals surface area contributed by atoms with E-state index in [1.54, 1.807) is 18.2 Å². The Hall–Kier alpha value is -1.06. The molecule has 2 fully saturated rings. The molecule has 2 bridgehead atoms. The normalized spacial score (nSPS) is 28.3. The van der Waals surface area contributed by atoms with Gasteiger partial charge in [0.05, 0.1) is 10.9 Å². The fraction of sp³-hybridized carbons (Fsp3) is 0.500. The van der Waals surface area contributed by atoms with Crippen LogP contribution >= 0.6 is 23.2 Å². The lowest BCUT2D eigenvalue weighted by atomic mass is 9.67. The molecule has 0 radical (unpaired) electrons. The Labute approximate surface area is 133 Å². The van der Waals surface area contributed by atoms with Crippen molar-refractivity contribution in [3.05, 3.63) is 28.2 Å². The van der Waals surface area contributed by atoms with Gasteiger partial charge in [-0.25, -0.2) is 0 Å². The van der Waals surface area contributed by atoms with Crippen molar-refractivity contribution in [1.82, 2.24) is 0 Å². The van der Waals surface area contributed by atoms with Crippen LogP contribution in [0.3, 0.4) is 0 Å². The molecule has 0 aliphatic heterocycles. The molecule has 2 aliphatic carbocycles. The average Bonchev–Trinajstić information content (AvgIpc) is 2.43. The van der Waals surface area contributed by atoms with E-state index in [2.05, 4.69) is 0 Å². The molecule has 2 aliphatic rings. The SMILES string of the molecule is O=C(Oc1cccc(Cl)c1Cl)C1C[C@H]2CCC[C@@H](C1)C2=O. The number of carbonyl (C=O) groups excluding carboxylic acids is 2. The molecule has 1 unspecified atom stereocenters. The van der Waals surface area contributed by atoms with Gasteiger partial charge in [-0.15, -0.1) is 0 Å². The van der Waals surface area contributed by atoms with Crippen LogP contribution in [0.2, 0.25) is 10.0 Å². The third-order valence-corrected chi connectivity index (χ3v) is 5.31. The molecule has 1 aromatic carbocycles. The van der Waals surface area contributed by atoms with Crippen LogP contribution in [0.5, 0.6) is 5.75 Å². The summed E-state index contributed by atoms with van der Waals surface area (Å²) in [6, 6.07) is 4.96. The smallest absolute Gasteiger partial charge is 0.314 e. The summed E-state index contributed by atoms with van der Waals surface area (Å²) in [5, 5.41) is 0.609. The Morgan fingerprint density at radius 1 is 1.14 bits per heavy atom. The number of fused-ring (bicyclic) bond motifs is 2. The highest BCUT2D eigenvalue weighted by Gasteiger charge is 2.42. The molecule has 21 heavy (non-hydrogen) atoms. The van der Waals surface area contributed by atoms with Gasteiger partial charge < -0.3 is 4.74 Å². The summed E-state index contributed by atoms with van der Waals surface area (Å²) in [5.74, 6) is 0.175. The number of hydrogen-bond donors (Lipinski definition) is 0. The van der Waals surface area contributed by atoms with Crippen molar-refractivity contribution < 1.29 is 14.3 Å². The first kappa shape index (κ1) is 14.9.